The van der Waals surface area contributed by atoms with Crippen LogP contribution in [0, 0.1) is 5.92 Å². The molecule has 0 aliphatic rings. The summed E-state index contributed by atoms with van der Waals surface area (Å²) in [5.41, 5.74) is 5.41. The molecule has 0 spiro atoms. The molecule has 0 aliphatic carbocycles. The van der Waals surface area contributed by atoms with Crippen molar-refractivity contribution in [2.45, 2.75) is 233 Å². The average molecular weight is 759 g/mol. The Kier molecular flexibility index (Phi) is 40.7. The van der Waals surface area contributed by atoms with Crippen molar-refractivity contribution in [3.05, 3.63) is 24.3 Å². The van der Waals surface area contributed by atoms with Crippen LogP contribution in [-0.4, -0.2) is 48.8 Å². The summed E-state index contributed by atoms with van der Waals surface area (Å²) in [6.07, 6.45) is 45.9. The van der Waals surface area contributed by atoms with Gasteiger partial charge in [0.25, 0.3) is 0 Å². The lowest BCUT2D eigenvalue weighted by Gasteiger charge is -2.22. The summed E-state index contributed by atoms with van der Waals surface area (Å²) < 4.78 is 5.34. The second-order valence-electron chi connectivity index (χ2n) is 16.2. The van der Waals surface area contributed by atoms with Crippen molar-refractivity contribution >= 4 is 17.7 Å². The molecule has 54 heavy (non-hydrogen) atoms. The van der Waals surface area contributed by atoms with E-state index in [0.29, 0.717) is 24.7 Å². The van der Waals surface area contributed by atoms with Crippen molar-refractivity contribution in [3.8, 4) is 0 Å². The molecule has 0 bridgehead atoms. The molecule has 0 aliphatic heterocycles. The molecule has 0 aromatic heterocycles. The third-order valence-electron chi connectivity index (χ3n) is 10.8. The van der Waals surface area contributed by atoms with Gasteiger partial charge in [-0.3, -0.25) is 9.59 Å². The first-order valence-electron chi connectivity index (χ1n) is 23.4. The summed E-state index contributed by atoms with van der Waals surface area (Å²) in [6, 6.07) is 0. The minimum absolute atomic E-state index is 0.208. The van der Waals surface area contributed by atoms with Crippen LogP contribution in [0.5, 0.6) is 0 Å². The number of unbranched alkanes of at least 4 members (excludes halogenated alkanes) is 21. The number of amides is 1. The van der Waals surface area contributed by atoms with Crippen molar-refractivity contribution in [1.82, 2.24) is 4.90 Å². The van der Waals surface area contributed by atoms with Crippen molar-refractivity contribution in [3.63, 3.8) is 0 Å². The Morgan fingerprint density at radius 3 is 1.69 bits per heavy atom. The second-order valence-corrected chi connectivity index (χ2v) is 16.2. The van der Waals surface area contributed by atoms with Crippen LogP contribution in [0.1, 0.15) is 233 Å². The lowest BCUT2D eigenvalue weighted by molar-refractivity contribution is -0.138. The molecule has 1 unspecified atom stereocenters. The topological polar surface area (TPSA) is 89.7 Å². The number of esters is 1. The first-order chi connectivity index (χ1) is 26.4. The summed E-state index contributed by atoms with van der Waals surface area (Å²) in [4.78, 5) is 38.7. The Balaban J connectivity index is 4.23. The number of hydrogen-bond donors (Lipinski definition) is 1. The van der Waals surface area contributed by atoms with Crippen LogP contribution >= 0.6 is 0 Å². The maximum absolute atomic E-state index is 13.0. The van der Waals surface area contributed by atoms with Crippen LogP contribution in [0.2, 0.25) is 0 Å². The van der Waals surface area contributed by atoms with E-state index in [1.165, 1.54) is 116 Å². The minimum Gasteiger partial charge on any atom is -0.463 e. The molecule has 316 valence electrons. The Morgan fingerprint density at radius 1 is 0.519 bits per heavy atom. The van der Waals surface area contributed by atoms with E-state index in [4.69, 9.17) is 10.5 Å². The Hall–Kier alpha value is -1.95. The van der Waals surface area contributed by atoms with Crippen molar-refractivity contribution < 1.29 is 19.1 Å². The predicted octanol–water partition coefficient (Wildman–Crippen LogP) is 13.5. The zero-order valence-electron chi connectivity index (χ0n) is 36.2. The molecule has 2 N–H and O–H groups in total. The van der Waals surface area contributed by atoms with Gasteiger partial charge >= 0.3 is 5.97 Å². The number of allylic oxidation sites excluding steroid dienone is 3. The number of Topliss-reactive ketones (excluding diaryl/α,β-unsaturated/α-hetero) is 1. The zero-order valence-corrected chi connectivity index (χ0v) is 36.2. The lowest BCUT2D eigenvalue weighted by Crippen LogP contribution is -2.28. The summed E-state index contributed by atoms with van der Waals surface area (Å²) in [6.45, 7) is 10.3. The van der Waals surface area contributed by atoms with Gasteiger partial charge in [-0.25, -0.2) is 4.79 Å². The average Bonchev–Trinajstić information content (AvgIpc) is 3.15. The van der Waals surface area contributed by atoms with Crippen LogP contribution in [0.4, 0.5) is 0 Å². The van der Waals surface area contributed by atoms with Gasteiger partial charge in [0.05, 0.1) is 6.61 Å². The van der Waals surface area contributed by atoms with E-state index in [1.807, 2.05) is 6.08 Å². The monoisotopic (exact) mass is 759 g/mol. The Bertz CT molecular complexity index is 901. The first-order valence-corrected chi connectivity index (χ1v) is 23.4. The number of nitrogens with two attached hydrogens (primary N) is 1. The highest BCUT2D eigenvalue weighted by Gasteiger charge is 2.13. The molecule has 0 saturated carbocycles. The van der Waals surface area contributed by atoms with Gasteiger partial charge in [0.15, 0.2) is 0 Å². The number of hydrogen-bond acceptors (Lipinski definition) is 5. The molecule has 0 aromatic rings. The number of rotatable bonds is 43. The van der Waals surface area contributed by atoms with Gasteiger partial charge in [-0.15, -0.1) is 0 Å². The maximum atomic E-state index is 13.0. The third-order valence-corrected chi connectivity index (χ3v) is 10.8. The molecule has 1 amide bonds. The second kappa shape index (κ2) is 42.2. The van der Waals surface area contributed by atoms with E-state index in [9.17, 15) is 14.4 Å². The van der Waals surface area contributed by atoms with Crippen LogP contribution < -0.4 is 5.73 Å². The van der Waals surface area contributed by atoms with Gasteiger partial charge in [0.2, 0.25) is 5.91 Å². The number of ether oxygens (including phenoxy) is 1. The largest absolute Gasteiger partial charge is 0.463 e. The zero-order chi connectivity index (χ0) is 39.6. The summed E-state index contributed by atoms with van der Waals surface area (Å²) in [7, 11) is 0. The summed E-state index contributed by atoms with van der Waals surface area (Å²) in [5.74, 6) is 0.610. The first kappa shape index (κ1) is 52.0. The SMILES string of the molecule is CCCC/C=C/CCC(CCCCCCCC)CC(=O)CCCCCCCN(CCCCCCC=CC(=O)OCCCCCCCCC)CCCC(N)=O. The predicted molar refractivity (Wildman–Crippen MR) is 233 cm³/mol. The fraction of sp³-hybridized carbons (Fsp3) is 0.854. The van der Waals surface area contributed by atoms with Gasteiger partial charge in [-0.1, -0.05) is 167 Å². The molecule has 6 nitrogen and oxygen atoms in total. The van der Waals surface area contributed by atoms with E-state index in [-0.39, 0.29) is 11.9 Å². The van der Waals surface area contributed by atoms with Gasteiger partial charge in [0.1, 0.15) is 5.78 Å². The molecular weight excluding hydrogens is 669 g/mol. The van der Waals surface area contributed by atoms with E-state index in [0.717, 1.165) is 110 Å². The van der Waals surface area contributed by atoms with E-state index in [2.05, 4.69) is 37.8 Å². The van der Waals surface area contributed by atoms with Crippen molar-refractivity contribution in [1.29, 1.82) is 0 Å². The number of ketones is 1. The maximum Gasteiger partial charge on any atom is 0.330 e. The van der Waals surface area contributed by atoms with Gasteiger partial charge in [-0.2, -0.15) is 0 Å². The summed E-state index contributed by atoms with van der Waals surface area (Å²) in [5, 5.41) is 0. The molecule has 0 radical (unpaired) electrons. The molecule has 0 fully saturated rings. The fourth-order valence-electron chi connectivity index (χ4n) is 7.29. The van der Waals surface area contributed by atoms with Crippen LogP contribution in [-0.2, 0) is 19.1 Å². The Labute approximate surface area is 335 Å². The number of carbonyl (C=O) groups is 3. The quantitative estimate of drug-likeness (QED) is 0.0289. The van der Waals surface area contributed by atoms with Crippen LogP contribution in [0.15, 0.2) is 24.3 Å². The molecule has 0 saturated heterocycles. The van der Waals surface area contributed by atoms with Crippen LogP contribution in [0.25, 0.3) is 0 Å². The van der Waals surface area contributed by atoms with E-state index in [1.54, 1.807) is 6.08 Å². The smallest absolute Gasteiger partial charge is 0.330 e. The van der Waals surface area contributed by atoms with Crippen molar-refractivity contribution in [2.24, 2.45) is 11.7 Å². The minimum atomic E-state index is -0.216. The van der Waals surface area contributed by atoms with Crippen LogP contribution in [0.3, 0.4) is 0 Å². The van der Waals surface area contributed by atoms with Gasteiger partial charge < -0.3 is 15.4 Å². The normalized spacial score (nSPS) is 12.4. The summed E-state index contributed by atoms with van der Waals surface area (Å²) >= 11 is 0. The molecule has 0 heterocycles. The fourth-order valence-corrected chi connectivity index (χ4v) is 7.29. The van der Waals surface area contributed by atoms with E-state index >= 15 is 0 Å². The highest BCUT2D eigenvalue weighted by atomic mass is 16.5. The van der Waals surface area contributed by atoms with Crippen molar-refractivity contribution in [2.75, 3.05) is 26.2 Å². The highest BCUT2D eigenvalue weighted by molar-refractivity contribution is 5.81. The molecule has 6 heteroatoms. The standard InChI is InChI=1S/C48H90N2O4/c1-4-7-10-13-18-26-33-43-54-48(53)39-30-23-16-17-24-31-40-50(42-34-38-47(49)52)41-32-25-19-22-29-37-46(51)44-45(35-27-20-14-11-8-5-2)36-28-21-15-12-9-6-3/h14,20,30,39,45H,4-13,15-19,21-29,31-38,40-44H2,1-3H3,(H2,49,52)/b20-14+,39-30?. The number of primary amides is 1. The molecule has 0 rings (SSSR count). The molecule has 1 atom stereocenters. The molecule has 0 aromatic carbocycles. The number of carbonyl (C=O) groups excluding carboxylic acids is 3. The molecular formula is C48H90N2O4. The van der Waals surface area contributed by atoms with Gasteiger partial charge in [-0.05, 0) is 89.8 Å². The highest BCUT2D eigenvalue weighted by Crippen LogP contribution is 2.23. The lowest BCUT2D eigenvalue weighted by atomic mass is 9.89. The van der Waals surface area contributed by atoms with E-state index < -0.39 is 0 Å². The number of nitrogens with zero attached hydrogens (tertiary/aromatic N) is 1. The Morgan fingerprint density at radius 2 is 1.04 bits per heavy atom. The van der Waals surface area contributed by atoms with Gasteiger partial charge in [0, 0.05) is 25.3 Å². The third kappa shape index (κ3) is 39.7.